The number of alkyl halides is 3. The molecule has 23 heavy (non-hydrogen) atoms. The Morgan fingerprint density at radius 3 is 2.22 bits per heavy atom. The molecular formula is C17H17Br3N2O. The summed E-state index contributed by atoms with van der Waals surface area (Å²) < 4.78 is -0.651. The predicted octanol–water partition coefficient (Wildman–Crippen LogP) is 4.68. The molecule has 2 aromatic carbocycles. The molecule has 2 rings (SSSR count). The molecule has 0 saturated heterocycles. The highest BCUT2D eigenvalue weighted by molar-refractivity contribution is 9.39. The molecule has 6 heteroatoms. The summed E-state index contributed by atoms with van der Waals surface area (Å²) in [6.07, 6.45) is -0.364. The van der Waals surface area contributed by atoms with E-state index in [0.717, 1.165) is 11.1 Å². The first-order valence-electron chi connectivity index (χ1n) is 7.08. The zero-order valence-electron chi connectivity index (χ0n) is 12.5. The van der Waals surface area contributed by atoms with Gasteiger partial charge in [-0.1, -0.05) is 95.8 Å². The second kappa shape index (κ2) is 8.42. The zero-order valence-corrected chi connectivity index (χ0v) is 17.3. The number of aryl methyl sites for hydroxylation is 1. The third-order valence-corrected chi connectivity index (χ3v) is 4.64. The Hall–Kier alpha value is -0.690. The van der Waals surface area contributed by atoms with Crippen LogP contribution < -0.4 is 10.6 Å². The first-order chi connectivity index (χ1) is 10.9. The lowest BCUT2D eigenvalue weighted by atomic mass is 10.1. The van der Waals surface area contributed by atoms with Gasteiger partial charge in [0.1, 0.15) is 6.17 Å². The number of benzene rings is 2. The molecule has 0 spiro atoms. The van der Waals surface area contributed by atoms with Gasteiger partial charge in [-0.15, -0.1) is 0 Å². The second-order valence-corrected chi connectivity index (χ2v) is 12.1. The minimum atomic E-state index is -0.651. The lowest BCUT2D eigenvalue weighted by Crippen LogP contribution is -2.52. The Morgan fingerprint density at radius 1 is 1.04 bits per heavy atom. The van der Waals surface area contributed by atoms with Gasteiger partial charge in [0.2, 0.25) is 0 Å². The van der Waals surface area contributed by atoms with E-state index in [1.165, 1.54) is 0 Å². The standard InChI is InChI=1S/C17H17Br3N2O/c1-12-7-9-14(10-8-12)15(23)22-16(17(18,19)20)21-11-13-5-3-2-4-6-13/h2-10,16,21H,11H2,1H3,(H,22,23)/t16-/m1/s1. The summed E-state index contributed by atoms with van der Waals surface area (Å²) in [5, 5.41) is 6.29. The molecule has 1 amide bonds. The molecule has 0 aliphatic heterocycles. The van der Waals surface area contributed by atoms with Gasteiger partial charge in [-0.3, -0.25) is 10.1 Å². The van der Waals surface area contributed by atoms with Crippen molar-refractivity contribution in [3.8, 4) is 0 Å². The van der Waals surface area contributed by atoms with Gasteiger partial charge in [-0.05, 0) is 24.6 Å². The minimum Gasteiger partial charge on any atom is -0.334 e. The number of nitrogens with one attached hydrogen (secondary N) is 2. The van der Waals surface area contributed by atoms with Crippen LogP contribution in [0.4, 0.5) is 0 Å². The third-order valence-electron chi connectivity index (χ3n) is 3.27. The molecule has 0 aliphatic rings. The maximum absolute atomic E-state index is 12.4. The van der Waals surface area contributed by atoms with Crippen LogP contribution in [0.2, 0.25) is 0 Å². The van der Waals surface area contributed by atoms with Crippen LogP contribution in [-0.2, 0) is 6.54 Å². The van der Waals surface area contributed by atoms with Crippen LogP contribution in [0.3, 0.4) is 0 Å². The number of rotatable bonds is 5. The third kappa shape index (κ3) is 6.03. The van der Waals surface area contributed by atoms with Gasteiger partial charge in [0.05, 0.1) is 0 Å². The van der Waals surface area contributed by atoms with E-state index in [2.05, 4.69) is 58.4 Å². The van der Waals surface area contributed by atoms with E-state index in [9.17, 15) is 4.79 Å². The van der Waals surface area contributed by atoms with Crippen LogP contribution in [0.25, 0.3) is 0 Å². The molecular weight excluding hydrogens is 488 g/mol. The number of hydrogen-bond donors (Lipinski definition) is 2. The molecule has 122 valence electrons. The van der Waals surface area contributed by atoms with Gasteiger partial charge < -0.3 is 5.32 Å². The predicted molar refractivity (Wildman–Crippen MR) is 105 cm³/mol. The highest BCUT2D eigenvalue weighted by atomic mass is 80.0. The molecule has 0 radical (unpaired) electrons. The van der Waals surface area contributed by atoms with E-state index in [1.54, 1.807) is 0 Å². The van der Waals surface area contributed by atoms with Crippen LogP contribution >= 0.6 is 47.8 Å². The van der Waals surface area contributed by atoms with Crippen molar-refractivity contribution in [3.05, 3.63) is 71.3 Å². The van der Waals surface area contributed by atoms with E-state index < -0.39 is 2.14 Å². The minimum absolute atomic E-state index is 0.140. The lowest BCUT2D eigenvalue weighted by Gasteiger charge is -2.28. The fraction of sp³-hybridized carbons (Fsp3) is 0.235. The summed E-state index contributed by atoms with van der Waals surface area (Å²) >= 11 is 10.5. The van der Waals surface area contributed by atoms with Gasteiger partial charge in [-0.25, -0.2) is 0 Å². The van der Waals surface area contributed by atoms with E-state index >= 15 is 0 Å². The summed E-state index contributed by atoms with van der Waals surface area (Å²) in [7, 11) is 0. The van der Waals surface area contributed by atoms with Crippen LogP contribution in [0.15, 0.2) is 54.6 Å². The van der Waals surface area contributed by atoms with E-state index in [1.807, 2.05) is 61.5 Å². The van der Waals surface area contributed by atoms with Crippen molar-refractivity contribution in [2.45, 2.75) is 21.8 Å². The Bertz CT molecular complexity index is 639. The fourth-order valence-electron chi connectivity index (χ4n) is 1.98. The molecule has 0 aliphatic carbocycles. The molecule has 2 N–H and O–H groups in total. The normalized spacial score (nSPS) is 12.7. The quantitative estimate of drug-likeness (QED) is 0.458. The maximum Gasteiger partial charge on any atom is 0.252 e. The number of carbonyl (C=O) groups is 1. The van der Waals surface area contributed by atoms with Crippen LogP contribution in [-0.4, -0.2) is 14.2 Å². The lowest BCUT2D eigenvalue weighted by molar-refractivity contribution is 0.0931. The van der Waals surface area contributed by atoms with Crippen molar-refractivity contribution >= 4 is 53.7 Å². The molecule has 1 atom stereocenters. The molecule has 2 aromatic rings. The molecule has 0 bridgehead atoms. The van der Waals surface area contributed by atoms with Crippen molar-refractivity contribution in [2.24, 2.45) is 0 Å². The van der Waals surface area contributed by atoms with Crippen molar-refractivity contribution in [2.75, 3.05) is 0 Å². The number of carbonyl (C=O) groups excluding carboxylic acids is 1. The Balaban J connectivity index is 2.04. The van der Waals surface area contributed by atoms with Gasteiger partial charge in [-0.2, -0.15) is 0 Å². The first kappa shape index (κ1) is 18.6. The highest BCUT2D eigenvalue weighted by Gasteiger charge is 2.32. The van der Waals surface area contributed by atoms with Gasteiger partial charge in [0.25, 0.3) is 5.91 Å². The molecule has 0 fully saturated rings. The molecule has 0 unspecified atom stereocenters. The maximum atomic E-state index is 12.4. The van der Waals surface area contributed by atoms with Gasteiger partial charge >= 0.3 is 0 Å². The summed E-state index contributed by atoms with van der Waals surface area (Å²) in [6.45, 7) is 2.62. The van der Waals surface area contributed by atoms with Crippen molar-refractivity contribution in [1.29, 1.82) is 0 Å². The van der Waals surface area contributed by atoms with Gasteiger partial charge in [0, 0.05) is 12.1 Å². The topological polar surface area (TPSA) is 41.1 Å². The highest BCUT2D eigenvalue weighted by Crippen LogP contribution is 2.36. The molecule has 0 saturated carbocycles. The number of halogens is 3. The molecule has 3 nitrogen and oxygen atoms in total. The first-order valence-corrected chi connectivity index (χ1v) is 9.46. The van der Waals surface area contributed by atoms with Crippen molar-refractivity contribution in [1.82, 2.24) is 10.6 Å². The van der Waals surface area contributed by atoms with Gasteiger partial charge in [0.15, 0.2) is 2.14 Å². The summed E-state index contributed by atoms with van der Waals surface area (Å²) in [6, 6.07) is 17.5. The summed E-state index contributed by atoms with van der Waals surface area (Å²) in [5.74, 6) is -0.140. The average molecular weight is 505 g/mol. The SMILES string of the molecule is Cc1ccc(C(=O)N[C@@H](NCc2ccccc2)C(Br)(Br)Br)cc1. The summed E-state index contributed by atoms with van der Waals surface area (Å²) in [4.78, 5) is 12.4. The van der Waals surface area contributed by atoms with Crippen molar-refractivity contribution in [3.63, 3.8) is 0 Å². The van der Waals surface area contributed by atoms with Crippen LogP contribution in [0.5, 0.6) is 0 Å². The van der Waals surface area contributed by atoms with Crippen LogP contribution in [0, 0.1) is 6.92 Å². The average Bonchev–Trinajstić information content (AvgIpc) is 2.51. The van der Waals surface area contributed by atoms with Crippen molar-refractivity contribution < 1.29 is 4.79 Å². The monoisotopic (exact) mass is 502 g/mol. The summed E-state index contributed by atoms with van der Waals surface area (Å²) in [5.41, 5.74) is 2.88. The fourth-order valence-corrected chi connectivity index (χ4v) is 2.81. The Kier molecular flexibility index (Phi) is 6.83. The number of amides is 1. The van der Waals surface area contributed by atoms with E-state index in [-0.39, 0.29) is 12.1 Å². The smallest absolute Gasteiger partial charge is 0.252 e. The van der Waals surface area contributed by atoms with E-state index in [4.69, 9.17) is 0 Å². The largest absolute Gasteiger partial charge is 0.334 e. The second-order valence-electron chi connectivity index (χ2n) is 5.18. The Morgan fingerprint density at radius 2 is 1.65 bits per heavy atom. The zero-order chi connectivity index (χ0) is 16.9. The Labute approximate surface area is 161 Å². The van der Waals surface area contributed by atoms with E-state index in [0.29, 0.717) is 12.1 Å². The van der Waals surface area contributed by atoms with Crippen LogP contribution in [0.1, 0.15) is 21.5 Å². The molecule has 0 heterocycles. The number of hydrogen-bond acceptors (Lipinski definition) is 2. The molecule has 0 aromatic heterocycles.